The summed E-state index contributed by atoms with van der Waals surface area (Å²) >= 11 is 0. The summed E-state index contributed by atoms with van der Waals surface area (Å²) in [4.78, 5) is 11.2. The second-order valence-corrected chi connectivity index (χ2v) is 5.85. The van der Waals surface area contributed by atoms with Crippen molar-refractivity contribution >= 4 is 15.3 Å². The Kier molecular flexibility index (Phi) is 7.28. The lowest BCUT2D eigenvalue weighted by atomic mass is 10.3. The molecular formula is C10H20O4Si. The minimum Gasteiger partial charge on any atom is -0.459 e. The molecule has 1 atom stereocenters. The molecule has 5 heteroatoms. The van der Waals surface area contributed by atoms with Gasteiger partial charge < -0.3 is 13.6 Å². The Labute approximate surface area is 93.1 Å². The van der Waals surface area contributed by atoms with Crippen LogP contribution in [0, 0.1) is 0 Å². The van der Waals surface area contributed by atoms with E-state index in [0.29, 0.717) is 5.57 Å². The first-order valence-corrected chi connectivity index (χ1v) is 6.69. The highest BCUT2D eigenvalue weighted by Crippen LogP contribution is 2.08. The molecule has 0 aromatic heterocycles. The number of rotatable bonds is 7. The quantitative estimate of drug-likeness (QED) is 0.378. The third-order valence-corrected chi connectivity index (χ3v) is 3.85. The first kappa shape index (κ1) is 14.3. The summed E-state index contributed by atoms with van der Waals surface area (Å²) in [5.41, 5.74) is 0.425. The van der Waals surface area contributed by atoms with Crippen LogP contribution in [0.5, 0.6) is 0 Å². The van der Waals surface area contributed by atoms with Gasteiger partial charge in [0.1, 0.15) is 0 Å². The van der Waals surface area contributed by atoms with Crippen molar-refractivity contribution in [3.8, 4) is 0 Å². The molecule has 0 aliphatic carbocycles. The standard InChI is InChI=1S/C10H20O4Si/c1-8(2)10(11)14-9(3)6-7-15(12-4)13-5/h9,15H,1,6-7H2,2-5H3. The number of hydrogen-bond acceptors (Lipinski definition) is 4. The van der Waals surface area contributed by atoms with Crippen LogP contribution in [0.15, 0.2) is 12.2 Å². The summed E-state index contributed by atoms with van der Waals surface area (Å²) in [5.74, 6) is -0.337. The van der Waals surface area contributed by atoms with Crippen LogP contribution in [0.2, 0.25) is 6.04 Å². The molecule has 0 N–H and O–H groups in total. The molecule has 0 heterocycles. The maximum absolute atomic E-state index is 11.2. The summed E-state index contributed by atoms with van der Waals surface area (Å²) in [6.07, 6.45) is 0.645. The molecule has 88 valence electrons. The van der Waals surface area contributed by atoms with Crippen LogP contribution < -0.4 is 0 Å². The van der Waals surface area contributed by atoms with Crippen molar-refractivity contribution in [2.75, 3.05) is 14.2 Å². The van der Waals surface area contributed by atoms with E-state index in [1.807, 2.05) is 6.92 Å². The lowest BCUT2D eigenvalue weighted by Gasteiger charge is -2.15. The van der Waals surface area contributed by atoms with Crippen molar-refractivity contribution in [3.05, 3.63) is 12.2 Å². The number of carbonyl (C=O) groups excluding carboxylic acids is 1. The Balaban J connectivity index is 3.79. The van der Waals surface area contributed by atoms with E-state index in [2.05, 4.69) is 6.58 Å². The highest BCUT2D eigenvalue weighted by atomic mass is 28.3. The monoisotopic (exact) mass is 232 g/mol. The van der Waals surface area contributed by atoms with Crippen molar-refractivity contribution < 1.29 is 18.4 Å². The molecule has 0 aromatic rings. The lowest BCUT2D eigenvalue weighted by Crippen LogP contribution is -2.22. The molecule has 1 unspecified atom stereocenters. The van der Waals surface area contributed by atoms with Crippen molar-refractivity contribution in [1.29, 1.82) is 0 Å². The van der Waals surface area contributed by atoms with Gasteiger partial charge in [0.15, 0.2) is 0 Å². The van der Waals surface area contributed by atoms with Crippen LogP contribution in [-0.4, -0.2) is 35.6 Å². The molecular weight excluding hydrogens is 212 g/mol. The van der Waals surface area contributed by atoms with E-state index in [-0.39, 0.29) is 12.1 Å². The first-order valence-electron chi connectivity index (χ1n) is 4.93. The van der Waals surface area contributed by atoms with Crippen molar-refractivity contribution in [2.24, 2.45) is 0 Å². The molecule has 0 bridgehead atoms. The topological polar surface area (TPSA) is 44.8 Å². The molecule has 0 aromatic carbocycles. The molecule has 0 fully saturated rings. The SMILES string of the molecule is C=C(C)C(=O)OC(C)CC[SiH](OC)OC. The molecule has 0 aliphatic rings. The van der Waals surface area contributed by atoms with E-state index >= 15 is 0 Å². The van der Waals surface area contributed by atoms with Gasteiger partial charge in [0, 0.05) is 19.8 Å². The fourth-order valence-corrected chi connectivity index (χ4v) is 2.45. The van der Waals surface area contributed by atoms with Crippen LogP contribution in [0.25, 0.3) is 0 Å². The predicted octanol–water partition coefficient (Wildman–Crippen LogP) is 1.40. The summed E-state index contributed by atoms with van der Waals surface area (Å²) in [7, 11) is 1.76. The Hall–Kier alpha value is -0.653. The smallest absolute Gasteiger partial charge is 0.333 e. The number of ether oxygens (including phenoxy) is 1. The lowest BCUT2D eigenvalue weighted by molar-refractivity contribution is -0.143. The minimum atomic E-state index is -1.53. The summed E-state index contributed by atoms with van der Waals surface area (Å²) in [6.45, 7) is 7.02. The third-order valence-electron chi connectivity index (χ3n) is 1.99. The van der Waals surface area contributed by atoms with Gasteiger partial charge in [-0.2, -0.15) is 0 Å². The van der Waals surface area contributed by atoms with E-state index in [9.17, 15) is 4.79 Å². The molecule has 0 saturated carbocycles. The Morgan fingerprint density at radius 3 is 2.33 bits per heavy atom. The molecule has 0 spiro atoms. The maximum atomic E-state index is 11.2. The van der Waals surface area contributed by atoms with Gasteiger partial charge in [0.05, 0.1) is 6.10 Å². The summed E-state index contributed by atoms with van der Waals surface area (Å²) in [5, 5.41) is 0. The van der Waals surface area contributed by atoms with E-state index < -0.39 is 9.28 Å². The van der Waals surface area contributed by atoms with Crippen LogP contribution in [0.1, 0.15) is 20.3 Å². The van der Waals surface area contributed by atoms with Crippen LogP contribution in [0.3, 0.4) is 0 Å². The van der Waals surface area contributed by atoms with Gasteiger partial charge in [-0.15, -0.1) is 0 Å². The Bertz CT molecular complexity index is 213. The van der Waals surface area contributed by atoms with Crippen LogP contribution in [0.4, 0.5) is 0 Å². The minimum absolute atomic E-state index is 0.116. The van der Waals surface area contributed by atoms with E-state index in [1.165, 1.54) is 0 Å². The molecule has 15 heavy (non-hydrogen) atoms. The van der Waals surface area contributed by atoms with E-state index in [4.69, 9.17) is 13.6 Å². The summed E-state index contributed by atoms with van der Waals surface area (Å²) < 4.78 is 15.4. The van der Waals surface area contributed by atoms with Gasteiger partial charge in [0.2, 0.25) is 0 Å². The van der Waals surface area contributed by atoms with Gasteiger partial charge in [0.25, 0.3) is 0 Å². The van der Waals surface area contributed by atoms with Gasteiger partial charge in [-0.1, -0.05) is 6.58 Å². The van der Waals surface area contributed by atoms with Gasteiger partial charge in [-0.25, -0.2) is 4.79 Å². The molecule has 0 aliphatic heterocycles. The average molecular weight is 232 g/mol. The van der Waals surface area contributed by atoms with E-state index in [1.54, 1.807) is 21.1 Å². The fraction of sp³-hybridized carbons (Fsp3) is 0.700. The van der Waals surface area contributed by atoms with Crippen molar-refractivity contribution in [2.45, 2.75) is 32.4 Å². The zero-order valence-electron chi connectivity index (χ0n) is 9.91. The highest BCUT2D eigenvalue weighted by molar-refractivity contribution is 6.44. The van der Waals surface area contributed by atoms with Crippen LogP contribution in [-0.2, 0) is 18.4 Å². The molecule has 0 radical (unpaired) electrons. The maximum Gasteiger partial charge on any atom is 0.333 e. The molecule has 0 amide bonds. The molecule has 0 rings (SSSR count). The molecule has 4 nitrogen and oxygen atoms in total. The third kappa shape index (κ3) is 6.43. The van der Waals surface area contributed by atoms with Crippen LogP contribution >= 0.6 is 0 Å². The van der Waals surface area contributed by atoms with Crippen molar-refractivity contribution in [3.63, 3.8) is 0 Å². The number of esters is 1. The second-order valence-electron chi connectivity index (χ2n) is 3.47. The zero-order chi connectivity index (χ0) is 11.8. The van der Waals surface area contributed by atoms with Gasteiger partial charge in [-0.3, -0.25) is 0 Å². The Morgan fingerprint density at radius 2 is 1.93 bits per heavy atom. The van der Waals surface area contributed by atoms with Gasteiger partial charge >= 0.3 is 15.3 Å². The normalized spacial score (nSPS) is 12.6. The number of carbonyl (C=O) groups is 1. The summed E-state index contributed by atoms with van der Waals surface area (Å²) in [6, 6.07) is 0.831. The number of hydrogen-bond donors (Lipinski definition) is 0. The van der Waals surface area contributed by atoms with E-state index in [0.717, 1.165) is 12.5 Å². The fourth-order valence-electron chi connectivity index (χ4n) is 1.04. The largest absolute Gasteiger partial charge is 0.459 e. The zero-order valence-corrected chi connectivity index (χ0v) is 11.1. The van der Waals surface area contributed by atoms with Gasteiger partial charge in [-0.05, 0) is 26.3 Å². The highest BCUT2D eigenvalue weighted by Gasteiger charge is 2.15. The second kappa shape index (κ2) is 7.61. The molecule has 0 saturated heterocycles. The Morgan fingerprint density at radius 1 is 1.40 bits per heavy atom. The average Bonchev–Trinajstić information content (AvgIpc) is 2.19. The van der Waals surface area contributed by atoms with Crippen molar-refractivity contribution in [1.82, 2.24) is 0 Å². The first-order chi connectivity index (χ1) is 7.01. The predicted molar refractivity (Wildman–Crippen MR) is 61.0 cm³/mol.